The third kappa shape index (κ3) is 1.93. The van der Waals surface area contributed by atoms with Gasteiger partial charge in [-0.3, -0.25) is 14.5 Å². The Hall–Kier alpha value is -1.74. The second-order valence-electron chi connectivity index (χ2n) is 4.72. The molecule has 0 spiro atoms. The third-order valence-corrected chi connectivity index (χ3v) is 4.85. The highest BCUT2D eigenvalue weighted by Gasteiger charge is 2.52. The number of rotatable bonds is 2. The van der Waals surface area contributed by atoms with Crippen molar-refractivity contribution in [3.63, 3.8) is 0 Å². The molecule has 3 heterocycles. The topological polar surface area (TPSA) is 119 Å². The maximum atomic E-state index is 11.8. The summed E-state index contributed by atoms with van der Waals surface area (Å²) in [5, 5.41) is 8.52. The first-order valence-corrected chi connectivity index (χ1v) is 7.03. The van der Waals surface area contributed by atoms with Crippen LogP contribution < -0.4 is 5.73 Å². The van der Waals surface area contributed by atoms with Gasteiger partial charge < -0.3 is 20.3 Å². The summed E-state index contributed by atoms with van der Waals surface area (Å²) in [7, 11) is 0. The Labute approximate surface area is 117 Å². The van der Waals surface area contributed by atoms with Crippen LogP contribution in [0.1, 0.15) is 6.42 Å². The van der Waals surface area contributed by atoms with Crippen LogP contribution in [0.15, 0.2) is 11.5 Å². The van der Waals surface area contributed by atoms with Gasteiger partial charge in [0.1, 0.15) is 11.4 Å². The van der Waals surface area contributed by atoms with E-state index >= 15 is 0 Å². The van der Waals surface area contributed by atoms with Crippen LogP contribution in [0.3, 0.4) is 0 Å². The number of hydrogen-bond acceptors (Lipinski definition) is 7. The third-order valence-electron chi connectivity index (χ3n) is 3.52. The maximum absolute atomic E-state index is 11.8. The average molecular weight is 300 g/mol. The fourth-order valence-corrected chi connectivity index (χ4v) is 3.88. The van der Waals surface area contributed by atoms with E-state index in [0.717, 1.165) is 0 Å². The van der Waals surface area contributed by atoms with Crippen LogP contribution in [0.25, 0.3) is 0 Å². The number of ether oxygens (including phenoxy) is 2. The molecule has 9 heteroatoms. The Kier molecular flexibility index (Phi) is 3.09. The molecule has 3 aliphatic heterocycles. The summed E-state index contributed by atoms with van der Waals surface area (Å²) in [6.07, 6.45) is -1.33. The summed E-state index contributed by atoms with van der Waals surface area (Å²) in [4.78, 5) is 35.1. The molecule has 20 heavy (non-hydrogen) atoms. The van der Waals surface area contributed by atoms with Crippen LogP contribution in [-0.4, -0.2) is 51.8 Å². The lowest BCUT2D eigenvalue weighted by atomic mass is 9.97. The molecule has 1 unspecified atom stereocenters. The number of esters is 1. The van der Waals surface area contributed by atoms with Gasteiger partial charge in [-0.1, -0.05) is 0 Å². The predicted octanol–water partition coefficient (Wildman–Crippen LogP) is -0.302. The molecule has 3 N–H and O–H groups in total. The lowest BCUT2D eigenvalue weighted by Crippen LogP contribution is -2.68. The molecule has 108 valence electrons. The molecule has 0 aromatic rings. The van der Waals surface area contributed by atoms with E-state index in [4.69, 9.17) is 20.3 Å². The summed E-state index contributed by atoms with van der Waals surface area (Å²) < 4.78 is 9.66. The summed E-state index contributed by atoms with van der Waals surface area (Å²) in [6.45, 7) is 0.181. The SMILES string of the molecule is N[C@@H]1C(=O)N2C(OC(=O)O)=C(C3COC(=O)C3)CS[C@H]12. The lowest BCUT2D eigenvalue weighted by Gasteiger charge is -2.48. The molecule has 0 radical (unpaired) electrons. The standard InChI is InChI=1S/C11H12N2O6S/c12-7-8(15)13-9(19-11(16)17)5(3-20-10(7)13)4-1-6(14)18-2-4/h4,7,10H,1-3,12H2,(H,16,17)/t4?,7-,10-/m1/s1. The Balaban J connectivity index is 1.93. The zero-order valence-corrected chi connectivity index (χ0v) is 11.1. The van der Waals surface area contributed by atoms with E-state index in [-0.39, 0.29) is 42.1 Å². The molecule has 3 aliphatic rings. The van der Waals surface area contributed by atoms with Crippen molar-refractivity contribution in [1.29, 1.82) is 0 Å². The van der Waals surface area contributed by atoms with Gasteiger partial charge in [0.15, 0.2) is 0 Å². The van der Waals surface area contributed by atoms with Gasteiger partial charge in [0, 0.05) is 17.2 Å². The van der Waals surface area contributed by atoms with Crippen LogP contribution in [-0.2, 0) is 19.1 Å². The van der Waals surface area contributed by atoms with Crippen molar-refractivity contribution in [2.75, 3.05) is 12.4 Å². The van der Waals surface area contributed by atoms with Gasteiger partial charge in [0.05, 0.1) is 13.0 Å². The van der Waals surface area contributed by atoms with Crippen molar-refractivity contribution >= 4 is 29.8 Å². The summed E-state index contributed by atoms with van der Waals surface area (Å²) in [6, 6.07) is -0.643. The number of cyclic esters (lactones) is 1. The van der Waals surface area contributed by atoms with E-state index in [0.29, 0.717) is 11.3 Å². The second-order valence-corrected chi connectivity index (χ2v) is 5.82. The first kappa shape index (κ1) is 13.3. The molecular weight excluding hydrogens is 288 g/mol. The maximum Gasteiger partial charge on any atom is 0.512 e. The van der Waals surface area contributed by atoms with E-state index in [1.807, 2.05) is 0 Å². The molecule has 3 rings (SSSR count). The summed E-state index contributed by atoms with van der Waals surface area (Å²) in [5.41, 5.74) is 6.29. The number of nitrogens with two attached hydrogens (primary N) is 1. The Morgan fingerprint density at radius 3 is 2.85 bits per heavy atom. The minimum absolute atomic E-state index is 0.00347. The van der Waals surface area contributed by atoms with Crippen molar-refractivity contribution in [2.24, 2.45) is 11.7 Å². The number of thioether (sulfide) groups is 1. The predicted molar refractivity (Wildman–Crippen MR) is 66.3 cm³/mol. The molecular formula is C11H12N2O6S. The van der Waals surface area contributed by atoms with Crippen molar-refractivity contribution in [2.45, 2.75) is 17.8 Å². The zero-order valence-electron chi connectivity index (χ0n) is 10.3. The van der Waals surface area contributed by atoms with E-state index in [1.165, 1.54) is 16.7 Å². The second kappa shape index (κ2) is 4.67. The van der Waals surface area contributed by atoms with Crippen molar-refractivity contribution < 1.29 is 29.0 Å². The number of nitrogens with zero attached hydrogens (tertiary/aromatic N) is 1. The van der Waals surface area contributed by atoms with Gasteiger partial charge in [-0.25, -0.2) is 4.79 Å². The smallest absolute Gasteiger partial charge is 0.465 e. The Bertz CT molecular complexity index is 533. The molecule has 2 fully saturated rings. The number of carbonyl (C=O) groups is 3. The zero-order chi connectivity index (χ0) is 14.4. The highest BCUT2D eigenvalue weighted by Crippen LogP contribution is 2.43. The molecule has 0 aromatic carbocycles. The molecule has 1 amide bonds. The quantitative estimate of drug-likeness (QED) is 0.527. The molecule has 8 nitrogen and oxygen atoms in total. The molecule has 3 atom stereocenters. The van der Waals surface area contributed by atoms with Gasteiger partial charge >= 0.3 is 12.1 Å². The Morgan fingerprint density at radius 2 is 2.25 bits per heavy atom. The minimum atomic E-state index is -1.50. The van der Waals surface area contributed by atoms with Crippen LogP contribution in [0.2, 0.25) is 0 Å². The van der Waals surface area contributed by atoms with Gasteiger partial charge in [-0.15, -0.1) is 11.8 Å². The summed E-state index contributed by atoms with van der Waals surface area (Å²) in [5.74, 6) is -0.505. The monoisotopic (exact) mass is 300 g/mol. The van der Waals surface area contributed by atoms with Gasteiger partial charge in [0.25, 0.3) is 0 Å². The number of carbonyl (C=O) groups excluding carboxylic acids is 2. The van der Waals surface area contributed by atoms with Gasteiger partial charge in [-0.05, 0) is 0 Å². The fraction of sp³-hybridized carbons (Fsp3) is 0.545. The molecule has 0 aliphatic carbocycles. The lowest BCUT2D eigenvalue weighted by molar-refractivity contribution is -0.144. The van der Waals surface area contributed by atoms with Crippen molar-refractivity contribution in [3.8, 4) is 0 Å². The van der Waals surface area contributed by atoms with Crippen LogP contribution in [0.5, 0.6) is 0 Å². The summed E-state index contributed by atoms with van der Waals surface area (Å²) >= 11 is 1.43. The number of amides is 1. The molecule has 0 aromatic heterocycles. The van der Waals surface area contributed by atoms with Gasteiger partial charge in [-0.2, -0.15) is 0 Å². The largest absolute Gasteiger partial charge is 0.512 e. The number of hydrogen-bond donors (Lipinski definition) is 2. The molecule has 0 bridgehead atoms. The van der Waals surface area contributed by atoms with Gasteiger partial charge in [0.2, 0.25) is 11.8 Å². The number of carboxylic acid groups (broad SMARTS) is 1. The number of fused-ring (bicyclic) bond motifs is 1. The van der Waals surface area contributed by atoms with E-state index < -0.39 is 12.2 Å². The van der Waals surface area contributed by atoms with Crippen LogP contribution >= 0.6 is 11.8 Å². The van der Waals surface area contributed by atoms with E-state index in [9.17, 15) is 14.4 Å². The highest BCUT2D eigenvalue weighted by molar-refractivity contribution is 8.00. The highest BCUT2D eigenvalue weighted by atomic mass is 32.2. The van der Waals surface area contributed by atoms with Crippen molar-refractivity contribution in [1.82, 2.24) is 4.90 Å². The first-order chi connectivity index (χ1) is 9.49. The molecule has 2 saturated heterocycles. The Morgan fingerprint density at radius 1 is 1.50 bits per heavy atom. The van der Waals surface area contributed by atoms with E-state index in [2.05, 4.69) is 0 Å². The fourth-order valence-electron chi connectivity index (χ4n) is 2.50. The number of β-lactam (4-membered cyclic amide) rings is 1. The molecule has 0 saturated carbocycles. The minimum Gasteiger partial charge on any atom is -0.465 e. The van der Waals surface area contributed by atoms with Crippen molar-refractivity contribution in [3.05, 3.63) is 11.5 Å². The van der Waals surface area contributed by atoms with Crippen LogP contribution in [0.4, 0.5) is 4.79 Å². The normalized spacial score (nSPS) is 32.6. The van der Waals surface area contributed by atoms with Crippen LogP contribution in [0, 0.1) is 5.92 Å². The first-order valence-electron chi connectivity index (χ1n) is 5.98. The van der Waals surface area contributed by atoms with E-state index in [1.54, 1.807) is 0 Å². The average Bonchev–Trinajstić information content (AvgIpc) is 2.83.